The monoisotopic (exact) mass is 813 g/mol. The fourth-order valence-corrected chi connectivity index (χ4v) is 7.79. The van der Waals surface area contributed by atoms with E-state index in [1.807, 2.05) is 54.2 Å². The zero-order valence-electron chi connectivity index (χ0n) is 28.3. The molecule has 1 aliphatic carbocycles. The summed E-state index contributed by atoms with van der Waals surface area (Å²) in [6.45, 7) is 18.6. The molecule has 0 bridgehead atoms. The molecule has 0 unspecified atom stereocenters. The number of aromatic nitrogens is 1. The van der Waals surface area contributed by atoms with E-state index in [9.17, 15) is 0 Å². The van der Waals surface area contributed by atoms with Crippen LogP contribution >= 0.6 is 11.8 Å². The van der Waals surface area contributed by atoms with Crippen molar-refractivity contribution in [2.24, 2.45) is 0 Å². The van der Waals surface area contributed by atoms with E-state index >= 15 is 0 Å². The van der Waals surface area contributed by atoms with Crippen LogP contribution < -0.4 is 9.80 Å². The Labute approximate surface area is 299 Å². The summed E-state index contributed by atoms with van der Waals surface area (Å²) in [6.07, 6.45) is 4.21. The van der Waals surface area contributed by atoms with Gasteiger partial charge in [0, 0.05) is 28.2 Å². The number of fused-ring (bicyclic) bond motifs is 3. The first kappa shape index (κ1) is 33.5. The van der Waals surface area contributed by atoms with Crippen LogP contribution in [0.25, 0.3) is 11.3 Å². The van der Waals surface area contributed by atoms with Crippen LogP contribution in [-0.2, 0) is 36.4 Å². The molecule has 3 nitrogen and oxygen atoms in total. The van der Waals surface area contributed by atoms with Crippen molar-refractivity contribution >= 4 is 34.5 Å². The van der Waals surface area contributed by atoms with Gasteiger partial charge in [-0.25, -0.2) is 0 Å². The van der Waals surface area contributed by atoms with E-state index in [1.54, 1.807) is 6.20 Å². The molecule has 1 aromatic heterocycles. The van der Waals surface area contributed by atoms with Gasteiger partial charge in [0.1, 0.15) is 0 Å². The van der Waals surface area contributed by atoms with Crippen LogP contribution in [0.4, 0.5) is 22.7 Å². The summed E-state index contributed by atoms with van der Waals surface area (Å²) in [6, 6.07) is 39.0. The Morgan fingerprint density at radius 2 is 1.55 bits per heavy atom. The second-order valence-electron chi connectivity index (χ2n) is 14.9. The topological polar surface area (TPSA) is 19.4 Å². The van der Waals surface area contributed by atoms with Gasteiger partial charge in [-0.05, 0) is 58.8 Å². The average molecular weight is 813 g/mol. The first-order valence-electron chi connectivity index (χ1n) is 16.3. The van der Waals surface area contributed by atoms with Gasteiger partial charge in [0.05, 0.1) is 0 Å². The molecule has 0 amide bonds. The summed E-state index contributed by atoms with van der Waals surface area (Å²) in [5, 5.41) is 0. The summed E-state index contributed by atoms with van der Waals surface area (Å²) in [5.41, 5.74) is 11.6. The number of nitrogens with zero attached hydrogens (tertiary/aromatic N) is 3. The maximum absolute atomic E-state index is 4.22. The molecule has 8 rings (SSSR count). The largest absolute Gasteiger partial charge is 3.00 e. The summed E-state index contributed by atoms with van der Waals surface area (Å²) < 4.78 is 0. The maximum atomic E-state index is 4.22. The number of para-hydroxylation sites is 1. The third-order valence-electron chi connectivity index (χ3n) is 9.63. The van der Waals surface area contributed by atoms with Crippen molar-refractivity contribution in [3.8, 4) is 11.3 Å². The summed E-state index contributed by atoms with van der Waals surface area (Å²) in [5.74, 6) is 0. The normalized spacial score (nSPS) is 16.6. The molecule has 3 aliphatic rings. The van der Waals surface area contributed by atoms with Crippen LogP contribution in [0, 0.1) is 18.8 Å². The molecule has 0 saturated carbocycles. The van der Waals surface area contributed by atoms with Crippen LogP contribution in [-0.4, -0.2) is 4.98 Å². The van der Waals surface area contributed by atoms with Gasteiger partial charge < -0.3 is 14.8 Å². The quantitative estimate of drug-likeness (QED) is 0.165. The fraction of sp³-hybridized carbons (Fsp3) is 0.286. The molecule has 0 spiro atoms. The zero-order chi connectivity index (χ0) is 32.3. The smallest absolute Gasteiger partial charge is 0.492 e. The Balaban J connectivity index is 0.000000250. The van der Waals surface area contributed by atoms with Crippen molar-refractivity contribution in [2.45, 2.75) is 87.3 Å². The van der Waals surface area contributed by atoms with Crippen molar-refractivity contribution in [1.29, 1.82) is 0 Å². The Bertz CT molecular complexity index is 1840. The predicted molar refractivity (Wildman–Crippen MR) is 193 cm³/mol. The number of hydrogen-bond acceptors (Lipinski definition) is 4. The number of rotatable bonds is 2. The van der Waals surface area contributed by atoms with Gasteiger partial charge in [-0.3, -0.25) is 0 Å². The molecule has 4 aromatic carbocycles. The molecule has 5 heteroatoms. The van der Waals surface area contributed by atoms with Crippen molar-refractivity contribution in [1.82, 2.24) is 4.98 Å². The molecule has 0 radical (unpaired) electrons. The van der Waals surface area contributed by atoms with Crippen molar-refractivity contribution in [3.63, 3.8) is 0 Å². The van der Waals surface area contributed by atoms with Gasteiger partial charge >= 0.3 is 20.1 Å². The molecule has 0 saturated heterocycles. The number of benzene rings is 4. The van der Waals surface area contributed by atoms with E-state index in [1.165, 1.54) is 62.1 Å². The molecular formula is C42H42IrN3S. The van der Waals surface area contributed by atoms with E-state index in [4.69, 9.17) is 0 Å². The van der Waals surface area contributed by atoms with Crippen LogP contribution in [0.2, 0.25) is 0 Å². The summed E-state index contributed by atoms with van der Waals surface area (Å²) in [7, 11) is 0. The van der Waals surface area contributed by atoms with Crippen molar-refractivity contribution in [2.75, 3.05) is 9.80 Å². The summed E-state index contributed by atoms with van der Waals surface area (Å²) >= 11 is 1.90. The minimum atomic E-state index is 0. The molecule has 3 heterocycles. The SMILES string of the molecule is CC(C)(C)c1ccc(N2[CH-]N3c4[c-]c5c(cc4Sc4cccc2c43)C(C)(C)CCC5(C)C)cc1.[Ir+3].[c-]1ccccc1-c1ccccn1. The molecule has 5 aromatic rings. The second-order valence-corrected chi connectivity index (χ2v) is 16.0. The Morgan fingerprint density at radius 1 is 0.809 bits per heavy atom. The van der Waals surface area contributed by atoms with Crippen LogP contribution in [0.5, 0.6) is 0 Å². The Kier molecular flexibility index (Phi) is 8.97. The molecular weight excluding hydrogens is 771 g/mol. The molecule has 240 valence electrons. The first-order chi connectivity index (χ1) is 21.9. The van der Waals surface area contributed by atoms with E-state index < -0.39 is 0 Å². The van der Waals surface area contributed by atoms with Crippen LogP contribution in [0.3, 0.4) is 0 Å². The number of pyridine rings is 1. The predicted octanol–water partition coefficient (Wildman–Crippen LogP) is 11.6. The molecule has 0 atom stereocenters. The van der Waals surface area contributed by atoms with Gasteiger partial charge in [-0.1, -0.05) is 101 Å². The number of anilines is 4. The van der Waals surface area contributed by atoms with Crippen molar-refractivity contribution < 1.29 is 20.1 Å². The molecule has 0 N–H and O–H groups in total. The van der Waals surface area contributed by atoms with Gasteiger partial charge in [0.25, 0.3) is 0 Å². The number of hydrogen-bond donors (Lipinski definition) is 0. The second kappa shape index (κ2) is 12.6. The van der Waals surface area contributed by atoms with Gasteiger partial charge in [-0.2, -0.15) is 29.5 Å². The Morgan fingerprint density at radius 3 is 2.23 bits per heavy atom. The first-order valence-corrected chi connectivity index (χ1v) is 17.1. The molecule has 0 fully saturated rings. The van der Waals surface area contributed by atoms with Crippen molar-refractivity contribution in [3.05, 3.63) is 133 Å². The maximum Gasteiger partial charge on any atom is 3.00 e. The fourth-order valence-electron chi connectivity index (χ4n) is 6.68. The van der Waals surface area contributed by atoms with E-state index in [2.05, 4.69) is 131 Å². The van der Waals surface area contributed by atoms with E-state index in [-0.39, 0.29) is 36.4 Å². The van der Waals surface area contributed by atoms with Crippen LogP contribution in [0.15, 0.2) is 107 Å². The zero-order valence-corrected chi connectivity index (χ0v) is 31.5. The van der Waals surface area contributed by atoms with E-state index in [0.29, 0.717) is 0 Å². The Hall–Kier alpha value is -3.37. The molecule has 47 heavy (non-hydrogen) atoms. The van der Waals surface area contributed by atoms with Gasteiger partial charge in [0.15, 0.2) is 0 Å². The van der Waals surface area contributed by atoms with E-state index in [0.717, 1.165) is 11.3 Å². The third-order valence-corrected chi connectivity index (χ3v) is 10.7. The minimum absolute atomic E-state index is 0. The minimum Gasteiger partial charge on any atom is -0.492 e. The standard InChI is InChI=1S/C31H34N2S.C11H8N.Ir/c1-29(2,3)20-11-13-21(14-12-20)32-19-33-25-17-22-23(31(6,7)16-15-30(22,4)5)18-27(25)34-26-10-8-9-24(32)28(26)33;1-2-6-10(7-3-1)11-8-4-5-9-12-11;/h8-14,18-19H,15-16H2,1-7H3;1-6,8-9H;/q-2;-1;+3. The van der Waals surface area contributed by atoms with Gasteiger partial charge in [0.2, 0.25) is 0 Å². The summed E-state index contributed by atoms with van der Waals surface area (Å²) in [4.78, 5) is 11.6. The third kappa shape index (κ3) is 6.31. The van der Waals surface area contributed by atoms with Crippen LogP contribution in [0.1, 0.15) is 78.0 Å². The molecule has 2 aliphatic heterocycles. The average Bonchev–Trinajstić information content (AvgIpc) is 3.45. The van der Waals surface area contributed by atoms with Gasteiger partial charge in [-0.15, -0.1) is 48.1 Å².